The van der Waals surface area contributed by atoms with Gasteiger partial charge >= 0.3 is 0 Å². The number of carbonyl (C=O) groups is 3. The van der Waals surface area contributed by atoms with Gasteiger partial charge in [0.2, 0.25) is 11.8 Å². The Morgan fingerprint density at radius 2 is 1.62 bits per heavy atom. The maximum Gasteiger partial charge on any atom is 0.254 e. The van der Waals surface area contributed by atoms with Crippen molar-refractivity contribution < 1.29 is 37.4 Å². The average Bonchev–Trinajstić information content (AvgIpc) is 3.94. The minimum atomic E-state index is -1.44. The van der Waals surface area contributed by atoms with E-state index in [0.717, 1.165) is 11.6 Å². The summed E-state index contributed by atoms with van der Waals surface area (Å²) < 4.78 is 47.5. The molecule has 56 heavy (non-hydrogen) atoms. The molecule has 0 atom stereocenters. The van der Waals surface area contributed by atoms with Crippen molar-refractivity contribution >= 4 is 40.1 Å². The molecule has 3 N–H and O–H groups in total. The van der Waals surface area contributed by atoms with Crippen LogP contribution in [0.3, 0.4) is 0 Å². The minimum Gasteiger partial charge on any atom is -0.497 e. The summed E-state index contributed by atoms with van der Waals surface area (Å²) in [4.78, 5) is 46.9. The number of morpholine rings is 1. The van der Waals surface area contributed by atoms with E-state index in [1.807, 2.05) is 24.3 Å². The first-order valence-corrected chi connectivity index (χ1v) is 18.0. The monoisotopic (exact) mass is 758 g/mol. The number of methoxy groups -OCH3 is 1. The molecule has 4 aromatic carbocycles. The van der Waals surface area contributed by atoms with Crippen molar-refractivity contribution in [3.8, 4) is 28.5 Å². The maximum atomic E-state index is 16.4. The fourth-order valence-corrected chi connectivity index (χ4v) is 6.84. The van der Waals surface area contributed by atoms with Crippen LogP contribution in [0.4, 0.5) is 20.2 Å². The predicted octanol–water partition coefficient (Wildman–Crippen LogP) is 6.70. The maximum absolute atomic E-state index is 16.4. The van der Waals surface area contributed by atoms with Crippen LogP contribution in [-0.4, -0.2) is 71.2 Å². The van der Waals surface area contributed by atoms with Gasteiger partial charge in [-0.2, -0.15) is 5.10 Å². The van der Waals surface area contributed by atoms with Crippen LogP contribution in [0, 0.1) is 17.0 Å². The number of aromatic amines is 1. The van der Waals surface area contributed by atoms with Gasteiger partial charge < -0.3 is 24.8 Å². The SMILES string of the molecule is COc1ccc(Cc2cnc3n[nH]c(-c4ccc(C(=O)N5CCOCC5)cc4)c3c2Oc2ccc(N(C(=O)C3(C(N)=O)CC3)c3ccc(F)cc3)cc2F)cc1. The van der Waals surface area contributed by atoms with E-state index in [1.165, 1.54) is 41.3 Å². The number of carbonyl (C=O) groups excluding carboxylic acids is 3. The molecule has 14 heteroatoms. The Labute approximate surface area is 319 Å². The molecule has 1 saturated heterocycles. The van der Waals surface area contributed by atoms with Crippen LogP contribution in [0.5, 0.6) is 17.2 Å². The lowest BCUT2D eigenvalue weighted by molar-refractivity contribution is -0.133. The standard InChI is InChI=1S/C42H36F2N6O6/c1-54-32-13-2-25(3-14-32)22-28-24-46-38-35(36(47-48-38)26-4-6-27(7-5-26)39(51)49-18-20-55-21-19-49)37(28)56-34-15-12-31(23-33(34)44)50(30-10-8-29(43)9-11-30)41(53)42(16-17-42)40(45)52/h2-15,23-24H,16-22H2,1H3,(H2,45,52)(H,46,47,48). The molecular formula is C42H36F2N6O6. The van der Waals surface area contributed by atoms with Gasteiger partial charge in [0.1, 0.15) is 22.7 Å². The van der Waals surface area contributed by atoms with Crippen molar-refractivity contribution in [3.63, 3.8) is 0 Å². The Morgan fingerprint density at radius 3 is 2.27 bits per heavy atom. The molecule has 3 amide bonds. The smallest absolute Gasteiger partial charge is 0.254 e. The van der Waals surface area contributed by atoms with E-state index in [1.54, 1.807) is 42.5 Å². The largest absolute Gasteiger partial charge is 0.497 e. The Hall–Kier alpha value is -6.67. The van der Waals surface area contributed by atoms with Gasteiger partial charge in [-0.25, -0.2) is 13.8 Å². The summed E-state index contributed by atoms with van der Waals surface area (Å²) in [5, 5.41) is 7.97. The Kier molecular flexibility index (Phi) is 9.64. The number of nitrogens with zero attached hydrogens (tertiary/aromatic N) is 4. The topological polar surface area (TPSA) is 153 Å². The van der Waals surface area contributed by atoms with Gasteiger partial charge in [-0.15, -0.1) is 0 Å². The van der Waals surface area contributed by atoms with Gasteiger partial charge in [-0.05, 0) is 79.1 Å². The number of benzene rings is 4. The Bertz CT molecular complexity index is 2440. The van der Waals surface area contributed by atoms with E-state index in [-0.39, 0.29) is 41.6 Å². The van der Waals surface area contributed by atoms with E-state index in [0.29, 0.717) is 71.9 Å². The number of ether oxygens (including phenoxy) is 3. The molecule has 12 nitrogen and oxygen atoms in total. The van der Waals surface area contributed by atoms with Crippen LogP contribution in [0.25, 0.3) is 22.3 Å². The first kappa shape index (κ1) is 36.3. The zero-order valence-electron chi connectivity index (χ0n) is 30.3. The molecule has 0 unspecified atom stereocenters. The van der Waals surface area contributed by atoms with Crippen molar-refractivity contribution in [1.29, 1.82) is 0 Å². The molecule has 2 aliphatic rings. The van der Waals surface area contributed by atoms with Gasteiger partial charge in [-0.3, -0.25) is 24.4 Å². The van der Waals surface area contributed by atoms with Crippen molar-refractivity contribution in [2.45, 2.75) is 19.3 Å². The summed E-state index contributed by atoms with van der Waals surface area (Å²) in [6.45, 7) is 2.01. The van der Waals surface area contributed by atoms with E-state index in [4.69, 9.17) is 19.9 Å². The molecule has 8 rings (SSSR count). The van der Waals surface area contributed by atoms with Crippen LogP contribution >= 0.6 is 0 Å². The van der Waals surface area contributed by atoms with Crippen molar-refractivity contribution in [3.05, 3.63) is 126 Å². The number of rotatable bonds is 11. The number of fused-ring (bicyclic) bond motifs is 1. The second-order valence-corrected chi connectivity index (χ2v) is 13.7. The highest BCUT2D eigenvalue weighted by molar-refractivity contribution is 6.16. The van der Waals surface area contributed by atoms with Crippen LogP contribution in [-0.2, 0) is 20.7 Å². The molecular weight excluding hydrogens is 722 g/mol. The number of primary amides is 1. The lowest BCUT2D eigenvalue weighted by atomic mass is 10.0. The number of nitrogens with one attached hydrogen (secondary N) is 1. The zero-order valence-corrected chi connectivity index (χ0v) is 30.3. The number of halogens is 2. The van der Waals surface area contributed by atoms with Crippen molar-refractivity contribution in [1.82, 2.24) is 20.1 Å². The number of H-pyrrole nitrogens is 1. The van der Waals surface area contributed by atoms with E-state index >= 15 is 4.39 Å². The molecule has 2 fully saturated rings. The van der Waals surface area contributed by atoms with Crippen LogP contribution in [0.15, 0.2) is 97.2 Å². The third-order valence-electron chi connectivity index (χ3n) is 10.2. The predicted molar refractivity (Wildman–Crippen MR) is 203 cm³/mol. The first-order valence-electron chi connectivity index (χ1n) is 18.0. The molecule has 284 valence electrons. The van der Waals surface area contributed by atoms with E-state index in [9.17, 15) is 18.8 Å². The fourth-order valence-electron chi connectivity index (χ4n) is 6.84. The number of pyridine rings is 1. The van der Waals surface area contributed by atoms with E-state index in [2.05, 4.69) is 15.2 Å². The average molecular weight is 759 g/mol. The number of aromatic nitrogens is 3. The van der Waals surface area contributed by atoms with Gasteiger partial charge in [0.25, 0.3) is 5.91 Å². The molecule has 3 heterocycles. The van der Waals surface area contributed by atoms with Gasteiger partial charge in [0.15, 0.2) is 17.2 Å². The normalized spacial score (nSPS) is 14.7. The number of hydrogen-bond donors (Lipinski definition) is 2. The lowest BCUT2D eigenvalue weighted by Gasteiger charge is -2.27. The second kappa shape index (κ2) is 14.9. The number of nitrogens with two attached hydrogens (primary N) is 1. The molecule has 1 aliphatic heterocycles. The molecule has 6 aromatic rings. The summed E-state index contributed by atoms with van der Waals surface area (Å²) >= 11 is 0. The second-order valence-electron chi connectivity index (χ2n) is 13.7. The number of amides is 3. The molecule has 2 aromatic heterocycles. The van der Waals surface area contributed by atoms with Crippen LogP contribution in [0.2, 0.25) is 0 Å². The quantitative estimate of drug-likeness (QED) is 0.139. The van der Waals surface area contributed by atoms with Gasteiger partial charge in [0, 0.05) is 54.2 Å². The minimum absolute atomic E-state index is 0.0908. The molecule has 1 saturated carbocycles. The highest BCUT2D eigenvalue weighted by Gasteiger charge is 2.57. The number of anilines is 2. The fraction of sp³-hybridized carbons (Fsp3) is 0.214. The highest BCUT2D eigenvalue weighted by Crippen LogP contribution is 2.49. The summed E-state index contributed by atoms with van der Waals surface area (Å²) in [5.74, 6) is -2.06. The Balaban J connectivity index is 1.18. The van der Waals surface area contributed by atoms with Crippen molar-refractivity contribution in [2.24, 2.45) is 11.1 Å². The molecule has 0 bridgehead atoms. The van der Waals surface area contributed by atoms with Crippen molar-refractivity contribution in [2.75, 3.05) is 38.3 Å². The van der Waals surface area contributed by atoms with Gasteiger partial charge in [0.05, 0.1) is 37.1 Å². The summed E-state index contributed by atoms with van der Waals surface area (Å²) in [5.41, 5.74) is 8.10. The zero-order chi connectivity index (χ0) is 39.0. The summed E-state index contributed by atoms with van der Waals surface area (Å²) in [6, 6.07) is 23.6. The molecule has 0 spiro atoms. The van der Waals surface area contributed by atoms with Crippen LogP contribution in [0.1, 0.15) is 34.3 Å². The summed E-state index contributed by atoms with van der Waals surface area (Å²) in [6.07, 6.45) is 2.47. The third-order valence-corrected chi connectivity index (χ3v) is 10.2. The molecule has 1 aliphatic carbocycles. The van der Waals surface area contributed by atoms with Crippen LogP contribution < -0.4 is 20.1 Å². The number of hydrogen-bond acceptors (Lipinski definition) is 8. The Morgan fingerprint density at radius 1 is 0.929 bits per heavy atom. The van der Waals surface area contributed by atoms with E-state index < -0.39 is 28.9 Å². The molecule has 0 radical (unpaired) electrons. The highest BCUT2D eigenvalue weighted by atomic mass is 19.1. The third kappa shape index (κ3) is 6.90. The lowest BCUT2D eigenvalue weighted by Crippen LogP contribution is -2.41. The van der Waals surface area contributed by atoms with Gasteiger partial charge in [-0.1, -0.05) is 24.3 Å². The first-order chi connectivity index (χ1) is 27.1. The summed E-state index contributed by atoms with van der Waals surface area (Å²) in [7, 11) is 1.58.